The van der Waals surface area contributed by atoms with Crippen molar-refractivity contribution in [3.63, 3.8) is 0 Å². The minimum absolute atomic E-state index is 0.148. The van der Waals surface area contributed by atoms with Crippen LogP contribution >= 0.6 is 23.2 Å². The van der Waals surface area contributed by atoms with Crippen LogP contribution in [-0.4, -0.2) is 30.6 Å². The van der Waals surface area contributed by atoms with Gasteiger partial charge >= 0.3 is 0 Å². The van der Waals surface area contributed by atoms with Crippen molar-refractivity contribution in [3.8, 4) is 0 Å². The van der Waals surface area contributed by atoms with Crippen molar-refractivity contribution >= 4 is 34.7 Å². The van der Waals surface area contributed by atoms with E-state index in [1.165, 1.54) is 0 Å². The summed E-state index contributed by atoms with van der Waals surface area (Å²) in [5.41, 5.74) is 1.69. The van der Waals surface area contributed by atoms with Crippen molar-refractivity contribution in [2.75, 3.05) is 29.7 Å². The van der Waals surface area contributed by atoms with E-state index in [0.717, 1.165) is 11.3 Å². The van der Waals surface area contributed by atoms with E-state index in [2.05, 4.69) is 4.90 Å². The molecule has 4 heteroatoms. The summed E-state index contributed by atoms with van der Waals surface area (Å²) >= 11 is 11.6. The van der Waals surface area contributed by atoms with Crippen LogP contribution in [0.5, 0.6) is 0 Å². The van der Waals surface area contributed by atoms with Gasteiger partial charge in [0.2, 0.25) is 0 Å². The summed E-state index contributed by atoms with van der Waals surface area (Å²) in [6.07, 6.45) is 0.507. The highest BCUT2D eigenvalue weighted by atomic mass is 35.5. The minimum Gasteiger partial charge on any atom is -0.369 e. The fraction of sp³-hybridized carbons (Fsp3) is 0.462. The molecule has 0 atom stereocenters. The first-order valence-electron chi connectivity index (χ1n) is 5.73. The summed E-state index contributed by atoms with van der Waals surface area (Å²) in [5.74, 6) is 1.19. The van der Waals surface area contributed by atoms with E-state index in [0.29, 0.717) is 31.3 Å². The van der Waals surface area contributed by atoms with Crippen LogP contribution in [0.25, 0.3) is 0 Å². The number of halogens is 2. The van der Waals surface area contributed by atoms with Gasteiger partial charge in [-0.05, 0) is 12.1 Å². The first-order valence-corrected chi connectivity index (χ1v) is 6.80. The third kappa shape index (κ3) is 3.90. The summed E-state index contributed by atoms with van der Waals surface area (Å²) in [5, 5.41) is 0. The Hall–Kier alpha value is -0.730. The number of Topliss-reactive ketones (excluding diaryl/α,β-unsaturated/α-hetero) is 1. The summed E-state index contributed by atoms with van der Waals surface area (Å²) in [7, 11) is 0. The van der Waals surface area contributed by atoms with Crippen LogP contribution < -0.4 is 4.90 Å². The minimum atomic E-state index is 0.148. The molecule has 0 aliphatic heterocycles. The first kappa shape index (κ1) is 14.3. The Balaban J connectivity index is 3.04. The second-order valence-electron chi connectivity index (χ2n) is 3.66. The van der Waals surface area contributed by atoms with E-state index in [9.17, 15) is 4.79 Å². The van der Waals surface area contributed by atoms with E-state index in [4.69, 9.17) is 23.2 Å². The predicted octanol–water partition coefficient (Wildman–Crippen LogP) is 3.56. The highest BCUT2D eigenvalue weighted by Gasteiger charge is 2.14. The number of carbonyl (C=O) groups excluding carboxylic acids is 1. The van der Waals surface area contributed by atoms with E-state index in [-0.39, 0.29) is 5.78 Å². The highest BCUT2D eigenvalue weighted by Crippen LogP contribution is 2.21. The number of alkyl halides is 2. The molecule has 0 spiro atoms. The van der Waals surface area contributed by atoms with Gasteiger partial charge in [0.05, 0.1) is 0 Å². The summed E-state index contributed by atoms with van der Waals surface area (Å²) in [4.78, 5) is 13.9. The molecule has 0 bridgehead atoms. The van der Waals surface area contributed by atoms with Crippen LogP contribution in [0.4, 0.5) is 5.69 Å². The molecule has 1 rings (SSSR count). The zero-order valence-corrected chi connectivity index (χ0v) is 11.5. The van der Waals surface area contributed by atoms with Crippen LogP contribution in [0, 0.1) is 0 Å². The van der Waals surface area contributed by atoms with Crippen molar-refractivity contribution in [1.82, 2.24) is 0 Å². The Morgan fingerprint density at radius 1 is 1.18 bits per heavy atom. The molecule has 0 saturated heterocycles. The van der Waals surface area contributed by atoms with E-state index >= 15 is 0 Å². The maximum Gasteiger partial charge on any atom is 0.164 e. The van der Waals surface area contributed by atoms with E-state index in [1.807, 2.05) is 31.2 Å². The topological polar surface area (TPSA) is 20.3 Å². The van der Waals surface area contributed by atoms with Gasteiger partial charge in [-0.3, -0.25) is 4.79 Å². The molecule has 0 saturated carbocycles. The Labute approximate surface area is 113 Å². The van der Waals surface area contributed by atoms with Crippen molar-refractivity contribution in [1.29, 1.82) is 0 Å². The molecule has 0 heterocycles. The van der Waals surface area contributed by atoms with Gasteiger partial charge in [-0.1, -0.05) is 19.1 Å². The molecule has 0 radical (unpaired) electrons. The fourth-order valence-corrected chi connectivity index (χ4v) is 2.14. The Kier molecular flexibility index (Phi) is 6.38. The molecular formula is C13H17Cl2NO. The second kappa shape index (κ2) is 7.57. The largest absolute Gasteiger partial charge is 0.369 e. The lowest BCUT2D eigenvalue weighted by molar-refractivity contribution is 0.0988. The first-order chi connectivity index (χ1) is 8.24. The number of anilines is 1. The summed E-state index contributed by atoms with van der Waals surface area (Å²) in [6.45, 7) is 3.26. The van der Waals surface area contributed by atoms with Gasteiger partial charge in [-0.25, -0.2) is 0 Å². The monoisotopic (exact) mass is 273 g/mol. The van der Waals surface area contributed by atoms with Crippen LogP contribution in [0.15, 0.2) is 24.3 Å². The van der Waals surface area contributed by atoms with Crippen molar-refractivity contribution in [3.05, 3.63) is 29.8 Å². The maximum absolute atomic E-state index is 11.9. The highest BCUT2D eigenvalue weighted by molar-refractivity contribution is 6.18. The van der Waals surface area contributed by atoms with Gasteiger partial charge in [-0.2, -0.15) is 0 Å². The van der Waals surface area contributed by atoms with Gasteiger partial charge < -0.3 is 4.90 Å². The quantitative estimate of drug-likeness (QED) is 0.559. The van der Waals surface area contributed by atoms with Crippen molar-refractivity contribution < 1.29 is 4.79 Å². The fourth-order valence-electron chi connectivity index (χ4n) is 1.73. The number of ketones is 1. The number of hydrogen-bond donors (Lipinski definition) is 0. The molecule has 17 heavy (non-hydrogen) atoms. The number of benzene rings is 1. The van der Waals surface area contributed by atoms with Crippen molar-refractivity contribution in [2.24, 2.45) is 0 Å². The molecule has 2 nitrogen and oxygen atoms in total. The third-order valence-electron chi connectivity index (χ3n) is 2.58. The summed E-state index contributed by atoms with van der Waals surface area (Å²) < 4.78 is 0. The second-order valence-corrected chi connectivity index (χ2v) is 4.41. The SMILES string of the molecule is CCC(=O)c1ccccc1N(CCCl)CCCl. The molecule has 0 aromatic heterocycles. The van der Waals surface area contributed by atoms with Gasteiger partial charge in [0.25, 0.3) is 0 Å². The molecule has 0 unspecified atom stereocenters. The number of carbonyl (C=O) groups is 1. The Morgan fingerprint density at radius 3 is 2.29 bits per heavy atom. The molecule has 0 aliphatic rings. The molecule has 1 aromatic rings. The number of nitrogens with zero attached hydrogens (tertiary/aromatic N) is 1. The average Bonchev–Trinajstić information content (AvgIpc) is 2.37. The van der Waals surface area contributed by atoms with Crippen LogP contribution in [0.3, 0.4) is 0 Å². The van der Waals surface area contributed by atoms with Crippen molar-refractivity contribution in [2.45, 2.75) is 13.3 Å². The lowest BCUT2D eigenvalue weighted by atomic mass is 10.1. The van der Waals surface area contributed by atoms with Crippen LogP contribution in [-0.2, 0) is 0 Å². The van der Waals surface area contributed by atoms with E-state index < -0.39 is 0 Å². The zero-order valence-electron chi connectivity index (χ0n) is 9.96. The van der Waals surface area contributed by atoms with Gasteiger partial charge in [0, 0.05) is 42.5 Å². The van der Waals surface area contributed by atoms with Gasteiger partial charge in [-0.15, -0.1) is 23.2 Å². The Morgan fingerprint density at radius 2 is 1.76 bits per heavy atom. The van der Waals surface area contributed by atoms with Crippen LogP contribution in [0.1, 0.15) is 23.7 Å². The average molecular weight is 274 g/mol. The normalized spacial score (nSPS) is 10.3. The van der Waals surface area contributed by atoms with Crippen LogP contribution in [0.2, 0.25) is 0 Å². The molecule has 1 aromatic carbocycles. The molecule has 0 aliphatic carbocycles. The van der Waals surface area contributed by atoms with Gasteiger partial charge in [0.15, 0.2) is 5.78 Å². The lowest BCUT2D eigenvalue weighted by Gasteiger charge is -2.25. The number of rotatable bonds is 7. The lowest BCUT2D eigenvalue weighted by Crippen LogP contribution is -2.29. The summed E-state index contributed by atoms with van der Waals surface area (Å²) in [6, 6.07) is 7.61. The number of hydrogen-bond acceptors (Lipinski definition) is 2. The third-order valence-corrected chi connectivity index (χ3v) is 2.91. The Bertz CT molecular complexity index is 362. The zero-order chi connectivity index (χ0) is 12.7. The molecule has 0 N–H and O–H groups in total. The standard InChI is InChI=1S/C13H17Cl2NO/c1-2-13(17)11-5-3-4-6-12(11)16(9-7-14)10-8-15/h3-6H,2,7-10H2,1H3. The van der Waals surface area contributed by atoms with E-state index in [1.54, 1.807) is 0 Å². The number of para-hydroxylation sites is 1. The molecule has 0 amide bonds. The predicted molar refractivity (Wildman–Crippen MR) is 74.7 cm³/mol. The molecule has 94 valence electrons. The van der Waals surface area contributed by atoms with Gasteiger partial charge in [0.1, 0.15) is 0 Å². The maximum atomic E-state index is 11.9. The molecule has 0 fully saturated rings. The smallest absolute Gasteiger partial charge is 0.164 e. The molecular weight excluding hydrogens is 257 g/mol.